The Labute approximate surface area is 103 Å². The number of aryl methyl sites for hydroxylation is 2. The van der Waals surface area contributed by atoms with Gasteiger partial charge in [-0.15, -0.1) is 11.3 Å². The van der Waals surface area contributed by atoms with Crippen LogP contribution in [0.2, 0.25) is 0 Å². The van der Waals surface area contributed by atoms with Crippen molar-refractivity contribution in [1.82, 2.24) is 9.38 Å². The maximum absolute atomic E-state index is 11.6. The molecule has 0 spiro atoms. The molecule has 1 aliphatic carbocycles. The number of imidazole rings is 1. The van der Waals surface area contributed by atoms with Crippen LogP contribution in [0.25, 0.3) is 4.96 Å². The second-order valence-electron chi connectivity index (χ2n) is 4.18. The third-order valence-electron chi connectivity index (χ3n) is 3.05. The fourth-order valence-corrected chi connectivity index (χ4v) is 3.46. The number of rotatable bonds is 2. The third kappa shape index (κ3) is 1.74. The highest BCUT2D eigenvalue weighted by molar-refractivity contribution is 7.17. The van der Waals surface area contributed by atoms with Crippen LogP contribution in [-0.2, 0) is 17.6 Å². The first-order chi connectivity index (χ1) is 8.29. The van der Waals surface area contributed by atoms with Gasteiger partial charge in [-0.05, 0) is 32.6 Å². The van der Waals surface area contributed by atoms with Crippen LogP contribution in [0.3, 0.4) is 0 Å². The minimum Gasteiger partial charge on any atom is -0.461 e. The number of carbonyl (C=O) groups excluding carboxylic acids is 1. The van der Waals surface area contributed by atoms with Crippen molar-refractivity contribution in [3.8, 4) is 0 Å². The highest BCUT2D eigenvalue weighted by atomic mass is 32.1. The molecule has 5 heteroatoms. The third-order valence-corrected chi connectivity index (χ3v) is 4.21. The largest absolute Gasteiger partial charge is 0.461 e. The maximum atomic E-state index is 11.6. The Balaban J connectivity index is 2.03. The molecule has 0 unspecified atom stereocenters. The van der Waals surface area contributed by atoms with E-state index in [2.05, 4.69) is 9.38 Å². The van der Waals surface area contributed by atoms with E-state index in [0.717, 1.165) is 17.8 Å². The van der Waals surface area contributed by atoms with E-state index < -0.39 is 0 Å². The number of thiazole rings is 1. The second kappa shape index (κ2) is 4.14. The molecule has 0 amide bonds. The van der Waals surface area contributed by atoms with E-state index in [-0.39, 0.29) is 5.97 Å². The molecule has 2 heterocycles. The predicted octanol–water partition coefficient (Wildman–Crippen LogP) is 2.45. The van der Waals surface area contributed by atoms with Crippen LogP contribution in [0.15, 0.2) is 6.20 Å². The van der Waals surface area contributed by atoms with Crippen LogP contribution in [0.5, 0.6) is 0 Å². The van der Waals surface area contributed by atoms with Gasteiger partial charge in [-0.1, -0.05) is 0 Å². The van der Waals surface area contributed by atoms with Gasteiger partial charge in [0.05, 0.1) is 6.61 Å². The van der Waals surface area contributed by atoms with Gasteiger partial charge in [-0.2, -0.15) is 0 Å². The molecule has 0 fully saturated rings. The van der Waals surface area contributed by atoms with Crippen LogP contribution in [0.4, 0.5) is 0 Å². The molecule has 0 saturated heterocycles. The molecule has 0 aromatic carbocycles. The Morgan fingerprint density at radius 3 is 3.18 bits per heavy atom. The first kappa shape index (κ1) is 10.8. The minimum absolute atomic E-state index is 0.326. The van der Waals surface area contributed by atoms with Gasteiger partial charge in [-0.3, -0.25) is 4.40 Å². The molecule has 0 aliphatic heterocycles. The van der Waals surface area contributed by atoms with Crippen LogP contribution in [-0.4, -0.2) is 22.0 Å². The molecular weight excluding hydrogens is 236 g/mol. The van der Waals surface area contributed by atoms with E-state index >= 15 is 0 Å². The van der Waals surface area contributed by atoms with Crippen LogP contribution >= 0.6 is 11.3 Å². The van der Waals surface area contributed by atoms with Crippen molar-refractivity contribution in [3.63, 3.8) is 0 Å². The van der Waals surface area contributed by atoms with Crippen molar-refractivity contribution < 1.29 is 9.53 Å². The topological polar surface area (TPSA) is 43.6 Å². The zero-order valence-corrected chi connectivity index (χ0v) is 10.5. The second-order valence-corrected chi connectivity index (χ2v) is 5.24. The Morgan fingerprint density at radius 1 is 1.53 bits per heavy atom. The van der Waals surface area contributed by atoms with E-state index in [0.29, 0.717) is 12.3 Å². The standard InChI is InChI=1S/C12H14N2O2S/c1-2-16-11(15)8-7-14-9-5-3-4-6-10(9)17-12(14)13-8/h7H,2-6H2,1H3. The molecule has 3 rings (SSSR count). The highest BCUT2D eigenvalue weighted by Gasteiger charge is 2.20. The zero-order valence-electron chi connectivity index (χ0n) is 9.73. The summed E-state index contributed by atoms with van der Waals surface area (Å²) in [5, 5.41) is 0. The van der Waals surface area contributed by atoms with Crippen molar-refractivity contribution >= 4 is 22.3 Å². The van der Waals surface area contributed by atoms with Gasteiger partial charge in [0.15, 0.2) is 10.7 Å². The Hall–Kier alpha value is -1.36. The van der Waals surface area contributed by atoms with Gasteiger partial charge in [-0.25, -0.2) is 9.78 Å². The Kier molecular flexibility index (Phi) is 2.63. The van der Waals surface area contributed by atoms with Crippen molar-refractivity contribution in [2.75, 3.05) is 6.61 Å². The number of ether oxygens (including phenoxy) is 1. The Bertz CT molecular complexity index is 570. The fraction of sp³-hybridized carbons (Fsp3) is 0.500. The minimum atomic E-state index is -0.326. The van der Waals surface area contributed by atoms with Gasteiger partial charge in [0, 0.05) is 16.8 Å². The van der Waals surface area contributed by atoms with Gasteiger partial charge >= 0.3 is 5.97 Å². The quantitative estimate of drug-likeness (QED) is 0.769. The molecule has 2 aromatic heterocycles. The Morgan fingerprint density at radius 2 is 2.35 bits per heavy atom. The summed E-state index contributed by atoms with van der Waals surface area (Å²) >= 11 is 1.70. The molecule has 17 heavy (non-hydrogen) atoms. The van der Waals surface area contributed by atoms with Crippen molar-refractivity contribution in [2.45, 2.75) is 32.6 Å². The van der Waals surface area contributed by atoms with E-state index in [1.54, 1.807) is 18.3 Å². The molecule has 2 aromatic rings. The van der Waals surface area contributed by atoms with E-state index in [4.69, 9.17) is 4.74 Å². The monoisotopic (exact) mass is 250 g/mol. The summed E-state index contributed by atoms with van der Waals surface area (Å²) in [4.78, 5) is 18.3. The van der Waals surface area contributed by atoms with E-state index in [1.807, 2.05) is 6.20 Å². The van der Waals surface area contributed by atoms with Gasteiger partial charge in [0.25, 0.3) is 0 Å². The average molecular weight is 250 g/mol. The zero-order chi connectivity index (χ0) is 11.8. The number of esters is 1. The van der Waals surface area contributed by atoms with Gasteiger partial charge in [0.2, 0.25) is 0 Å². The number of hydrogen-bond acceptors (Lipinski definition) is 4. The van der Waals surface area contributed by atoms with Gasteiger partial charge in [0.1, 0.15) is 0 Å². The summed E-state index contributed by atoms with van der Waals surface area (Å²) in [5.41, 5.74) is 1.76. The number of nitrogens with zero attached hydrogens (tertiary/aromatic N) is 2. The first-order valence-electron chi connectivity index (χ1n) is 5.96. The average Bonchev–Trinajstić information content (AvgIpc) is 2.86. The number of carbonyl (C=O) groups is 1. The maximum Gasteiger partial charge on any atom is 0.358 e. The van der Waals surface area contributed by atoms with Crippen molar-refractivity contribution in [1.29, 1.82) is 0 Å². The molecule has 0 N–H and O–H groups in total. The summed E-state index contributed by atoms with van der Waals surface area (Å²) in [6, 6.07) is 0. The number of aromatic nitrogens is 2. The molecule has 0 saturated carbocycles. The summed E-state index contributed by atoms with van der Waals surface area (Å²) in [5.74, 6) is -0.326. The lowest BCUT2D eigenvalue weighted by Gasteiger charge is -2.09. The lowest BCUT2D eigenvalue weighted by Crippen LogP contribution is -2.05. The summed E-state index contributed by atoms with van der Waals surface area (Å²) in [7, 11) is 0. The summed E-state index contributed by atoms with van der Waals surface area (Å²) in [6.07, 6.45) is 6.55. The smallest absolute Gasteiger partial charge is 0.358 e. The van der Waals surface area contributed by atoms with Crippen molar-refractivity contribution in [3.05, 3.63) is 22.5 Å². The van der Waals surface area contributed by atoms with E-state index in [1.165, 1.54) is 23.4 Å². The molecule has 0 bridgehead atoms. The molecule has 4 nitrogen and oxygen atoms in total. The number of hydrogen-bond donors (Lipinski definition) is 0. The first-order valence-corrected chi connectivity index (χ1v) is 6.78. The number of fused-ring (bicyclic) bond motifs is 3. The van der Waals surface area contributed by atoms with E-state index in [9.17, 15) is 4.79 Å². The molecule has 0 radical (unpaired) electrons. The highest BCUT2D eigenvalue weighted by Crippen LogP contribution is 2.30. The summed E-state index contributed by atoms with van der Waals surface area (Å²) < 4.78 is 7.02. The van der Waals surface area contributed by atoms with Gasteiger partial charge < -0.3 is 4.74 Å². The lowest BCUT2D eigenvalue weighted by molar-refractivity contribution is 0.0520. The molecule has 1 aliphatic rings. The van der Waals surface area contributed by atoms with Crippen LogP contribution < -0.4 is 0 Å². The molecule has 90 valence electrons. The predicted molar refractivity (Wildman–Crippen MR) is 65.7 cm³/mol. The SMILES string of the molecule is CCOC(=O)c1cn2c3c(sc2n1)CCCC3. The molecule has 0 atom stereocenters. The lowest BCUT2D eigenvalue weighted by atomic mass is 10.0. The molecular formula is C12H14N2O2S. The van der Waals surface area contributed by atoms with Crippen LogP contribution in [0.1, 0.15) is 40.8 Å². The van der Waals surface area contributed by atoms with Crippen molar-refractivity contribution in [2.24, 2.45) is 0 Å². The van der Waals surface area contributed by atoms with Crippen LogP contribution in [0, 0.1) is 0 Å². The fourth-order valence-electron chi connectivity index (χ4n) is 2.27. The summed E-state index contributed by atoms with van der Waals surface area (Å²) in [6.45, 7) is 2.19. The normalized spacial score (nSPS) is 14.9.